The summed E-state index contributed by atoms with van der Waals surface area (Å²) in [4.78, 5) is 36.5. The van der Waals surface area contributed by atoms with Crippen LogP contribution in [-0.2, 0) is 11.3 Å². The first-order valence-electron chi connectivity index (χ1n) is 13.8. The largest absolute Gasteiger partial charge is 0.450 e. The van der Waals surface area contributed by atoms with E-state index < -0.39 is 6.09 Å². The van der Waals surface area contributed by atoms with Gasteiger partial charge in [-0.3, -0.25) is 24.9 Å². The summed E-state index contributed by atoms with van der Waals surface area (Å²) in [6, 6.07) is 21.7. The standard InChI is InChI=1S/C31H39N5O3/c1-4-35(5-2)30(37)25-16-14-24(15-17-25)29(27-12-7-8-13-28(27)33-31(38)39-6-3)36-21-19-34(20-22-36)23-26-11-9-10-18-32-26/h7-18,29H,4-6,19-23H2,1-3H3,(H,33,38)/t29-/m1/s1. The summed E-state index contributed by atoms with van der Waals surface area (Å²) in [6.07, 6.45) is 1.37. The van der Waals surface area contributed by atoms with Gasteiger partial charge in [0.25, 0.3) is 5.91 Å². The van der Waals surface area contributed by atoms with E-state index in [4.69, 9.17) is 4.74 Å². The van der Waals surface area contributed by atoms with Crippen molar-refractivity contribution in [2.24, 2.45) is 0 Å². The SMILES string of the molecule is CCOC(=O)Nc1ccccc1[C@@H](c1ccc(C(=O)N(CC)CC)cc1)N1CCN(Cc2ccccn2)CC1. The summed E-state index contributed by atoms with van der Waals surface area (Å²) in [5, 5.41) is 2.93. The molecule has 2 aromatic carbocycles. The Kier molecular flexibility index (Phi) is 10.1. The molecule has 8 heteroatoms. The number of aromatic nitrogens is 1. The van der Waals surface area contributed by atoms with Crippen LogP contribution in [0.2, 0.25) is 0 Å². The number of ether oxygens (including phenoxy) is 1. The van der Waals surface area contributed by atoms with Crippen molar-refractivity contribution in [2.75, 3.05) is 51.2 Å². The molecule has 1 saturated heterocycles. The number of benzene rings is 2. The number of hydrogen-bond donors (Lipinski definition) is 1. The molecule has 206 valence electrons. The maximum absolute atomic E-state index is 12.9. The van der Waals surface area contributed by atoms with E-state index in [1.807, 2.05) is 79.5 Å². The van der Waals surface area contributed by atoms with Crippen LogP contribution in [0, 0.1) is 0 Å². The van der Waals surface area contributed by atoms with Gasteiger partial charge in [-0.05, 0) is 62.2 Å². The van der Waals surface area contributed by atoms with Crippen molar-refractivity contribution in [3.63, 3.8) is 0 Å². The van der Waals surface area contributed by atoms with Gasteiger partial charge in [0, 0.05) is 63.3 Å². The summed E-state index contributed by atoms with van der Waals surface area (Å²) in [7, 11) is 0. The minimum absolute atomic E-state index is 0.0376. The number of pyridine rings is 1. The number of amides is 2. The minimum Gasteiger partial charge on any atom is -0.450 e. The molecule has 1 aliphatic rings. The second-order valence-corrected chi connectivity index (χ2v) is 9.57. The van der Waals surface area contributed by atoms with Gasteiger partial charge in [-0.25, -0.2) is 4.79 Å². The minimum atomic E-state index is -0.468. The molecule has 0 unspecified atom stereocenters. The highest BCUT2D eigenvalue weighted by molar-refractivity contribution is 5.94. The molecule has 0 radical (unpaired) electrons. The number of carbonyl (C=O) groups is 2. The zero-order chi connectivity index (χ0) is 27.6. The van der Waals surface area contributed by atoms with Gasteiger partial charge < -0.3 is 9.64 Å². The first-order valence-corrected chi connectivity index (χ1v) is 13.8. The molecule has 4 rings (SSSR count). The van der Waals surface area contributed by atoms with E-state index in [1.54, 1.807) is 6.92 Å². The maximum atomic E-state index is 12.9. The molecule has 2 heterocycles. The van der Waals surface area contributed by atoms with Crippen LogP contribution >= 0.6 is 0 Å². The first kappa shape index (κ1) is 28.3. The van der Waals surface area contributed by atoms with Crippen LogP contribution in [0.15, 0.2) is 72.9 Å². The Balaban J connectivity index is 1.61. The summed E-state index contributed by atoms with van der Waals surface area (Å²) < 4.78 is 5.17. The molecular weight excluding hydrogens is 490 g/mol. The first-order chi connectivity index (χ1) is 19.0. The molecule has 1 fully saturated rings. The fraction of sp³-hybridized carbons (Fsp3) is 0.387. The van der Waals surface area contributed by atoms with Crippen molar-refractivity contribution in [2.45, 2.75) is 33.4 Å². The van der Waals surface area contributed by atoms with Gasteiger partial charge >= 0.3 is 6.09 Å². The van der Waals surface area contributed by atoms with Crippen molar-refractivity contribution in [3.8, 4) is 0 Å². The van der Waals surface area contributed by atoms with Gasteiger partial charge in [0.1, 0.15) is 0 Å². The van der Waals surface area contributed by atoms with Gasteiger partial charge in [0.05, 0.1) is 18.3 Å². The van der Waals surface area contributed by atoms with Crippen LogP contribution < -0.4 is 5.32 Å². The van der Waals surface area contributed by atoms with E-state index in [0.29, 0.717) is 25.3 Å². The molecule has 8 nitrogen and oxygen atoms in total. The number of anilines is 1. The molecule has 39 heavy (non-hydrogen) atoms. The van der Waals surface area contributed by atoms with E-state index in [0.717, 1.165) is 55.2 Å². The van der Waals surface area contributed by atoms with Gasteiger partial charge in [-0.2, -0.15) is 0 Å². The number of piperazine rings is 1. The monoisotopic (exact) mass is 529 g/mol. The van der Waals surface area contributed by atoms with Crippen molar-refractivity contribution in [1.82, 2.24) is 19.7 Å². The Morgan fingerprint density at radius 1 is 0.923 bits per heavy atom. The van der Waals surface area contributed by atoms with E-state index in [2.05, 4.69) is 32.2 Å². The molecule has 0 bridgehead atoms. The van der Waals surface area contributed by atoms with Crippen LogP contribution in [0.4, 0.5) is 10.5 Å². The second kappa shape index (κ2) is 13.9. The molecule has 1 aromatic heterocycles. The molecule has 0 saturated carbocycles. The summed E-state index contributed by atoms with van der Waals surface area (Å²) in [6.45, 7) is 11.8. The number of nitrogens with zero attached hydrogens (tertiary/aromatic N) is 4. The zero-order valence-electron chi connectivity index (χ0n) is 23.2. The fourth-order valence-corrected chi connectivity index (χ4v) is 5.12. The zero-order valence-corrected chi connectivity index (χ0v) is 23.2. The van der Waals surface area contributed by atoms with E-state index in [9.17, 15) is 9.59 Å². The third-order valence-electron chi connectivity index (χ3n) is 7.18. The lowest BCUT2D eigenvalue weighted by Crippen LogP contribution is -2.47. The van der Waals surface area contributed by atoms with Gasteiger partial charge in [0.15, 0.2) is 0 Å². The third kappa shape index (κ3) is 7.22. The Hall–Kier alpha value is -3.75. The Morgan fingerprint density at radius 3 is 2.26 bits per heavy atom. The molecule has 0 spiro atoms. The van der Waals surface area contributed by atoms with Crippen molar-refractivity contribution in [3.05, 3.63) is 95.3 Å². The Morgan fingerprint density at radius 2 is 1.62 bits per heavy atom. The third-order valence-corrected chi connectivity index (χ3v) is 7.18. The molecule has 1 N–H and O–H groups in total. The Labute approximate surface area is 231 Å². The predicted octanol–water partition coefficient (Wildman–Crippen LogP) is 5.04. The average Bonchev–Trinajstić information content (AvgIpc) is 2.96. The topological polar surface area (TPSA) is 78.0 Å². The maximum Gasteiger partial charge on any atom is 0.411 e. The molecule has 3 aromatic rings. The molecule has 1 aliphatic heterocycles. The van der Waals surface area contributed by atoms with Crippen LogP contribution in [0.1, 0.15) is 54.0 Å². The summed E-state index contributed by atoms with van der Waals surface area (Å²) in [5.74, 6) is 0.0376. The van der Waals surface area contributed by atoms with Crippen molar-refractivity contribution in [1.29, 1.82) is 0 Å². The molecule has 0 aliphatic carbocycles. The molecule has 1 atom stereocenters. The van der Waals surface area contributed by atoms with E-state index in [-0.39, 0.29) is 11.9 Å². The normalized spacial score (nSPS) is 14.9. The number of para-hydroxylation sites is 1. The Bertz CT molecular complexity index is 1210. The highest BCUT2D eigenvalue weighted by atomic mass is 16.5. The summed E-state index contributed by atoms with van der Waals surface area (Å²) in [5.41, 5.74) is 4.54. The van der Waals surface area contributed by atoms with Gasteiger partial charge in [0.2, 0.25) is 0 Å². The predicted molar refractivity (Wildman–Crippen MR) is 154 cm³/mol. The van der Waals surface area contributed by atoms with Crippen molar-refractivity contribution < 1.29 is 14.3 Å². The summed E-state index contributed by atoms with van der Waals surface area (Å²) >= 11 is 0. The lowest BCUT2D eigenvalue weighted by atomic mass is 9.94. The lowest BCUT2D eigenvalue weighted by molar-refractivity contribution is 0.0772. The number of hydrogen-bond acceptors (Lipinski definition) is 6. The van der Waals surface area contributed by atoms with Gasteiger partial charge in [-0.1, -0.05) is 36.4 Å². The van der Waals surface area contributed by atoms with Gasteiger partial charge in [-0.15, -0.1) is 0 Å². The number of rotatable bonds is 10. The quantitative estimate of drug-likeness (QED) is 0.397. The van der Waals surface area contributed by atoms with E-state index >= 15 is 0 Å². The fourth-order valence-electron chi connectivity index (χ4n) is 5.12. The number of carbonyl (C=O) groups excluding carboxylic acids is 2. The second-order valence-electron chi connectivity index (χ2n) is 9.57. The van der Waals surface area contributed by atoms with Crippen LogP contribution in [0.5, 0.6) is 0 Å². The average molecular weight is 530 g/mol. The lowest BCUT2D eigenvalue weighted by Gasteiger charge is -2.40. The highest BCUT2D eigenvalue weighted by Gasteiger charge is 2.29. The van der Waals surface area contributed by atoms with Crippen LogP contribution in [0.3, 0.4) is 0 Å². The molecular formula is C31H39N5O3. The smallest absolute Gasteiger partial charge is 0.411 e. The van der Waals surface area contributed by atoms with E-state index in [1.165, 1.54) is 0 Å². The highest BCUT2D eigenvalue weighted by Crippen LogP contribution is 2.35. The van der Waals surface area contributed by atoms with Crippen LogP contribution in [0.25, 0.3) is 0 Å². The molecule has 2 amide bonds. The van der Waals surface area contributed by atoms with Crippen LogP contribution in [-0.4, -0.2) is 77.6 Å². The van der Waals surface area contributed by atoms with Crippen molar-refractivity contribution >= 4 is 17.7 Å². The number of nitrogens with one attached hydrogen (secondary N) is 1.